The first-order valence-corrected chi connectivity index (χ1v) is 6.10. The molecule has 0 saturated carbocycles. The molecule has 0 aliphatic carbocycles. The quantitative estimate of drug-likeness (QED) is 0.779. The summed E-state index contributed by atoms with van der Waals surface area (Å²) in [5, 5.41) is 9.84. The fourth-order valence-electron chi connectivity index (χ4n) is 2.27. The van der Waals surface area contributed by atoms with E-state index in [1.807, 2.05) is 7.05 Å². The van der Waals surface area contributed by atoms with E-state index >= 15 is 0 Å². The van der Waals surface area contributed by atoms with E-state index in [0.717, 1.165) is 0 Å². The zero-order valence-corrected chi connectivity index (χ0v) is 11.1. The normalized spacial score (nSPS) is 10.9. The van der Waals surface area contributed by atoms with E-state index in [-0.39, 0.29) is 11.6 Å². The van der Waals surface area contributed by atoms with Gasteiger partial charge in [-0.1, -0.05) is 6.07 Å². The van der Waals surface area contributed by atoms with E-state index in [0.29, 0.717) is 28.2 Å². The molecule has 0 spiro atoms. The molecule has 0 bridgehead atoms. The lowest BCUT2D eigenvalue weighted by molar-refractivity contribution is 0.373. The van der Waals surface area contributed by atoms with Crippen LogP contribution in [0.5, 0.6) is 11.5 Å². The first-order chi connectivity index (χ1) is 9.61. The van der Waals surface area contributed by atoms with Gasteiger partial charge < -0.3 is 14.4 Å². The minimum Gasteiger partial charge on any atom is -0.504 e. The summed E-state index contributed by atoms with van der Waals surface area (Å²) in [6.07, 6.45) is 0. The number of ether oxygens (including phenoxy) is 1. The van der Waals surface area contributed by atoms with Gasteiger partial charge in [0.2, 0.25) is 0 Å². The number of imidazole rings is 1. The lowest BCUT2D eigenvalue weighted by atomic mass is 10.2. The van der Waals surface area contributed by atoms with Gasteiger partial charge in [-0.3, -0.25) is 0 Å². The first-order valence-electron chi connectivity index (χ1n) is 6.10. The Morgan fingerprint density at radius 3 is 2.70 bits per heavy atom. The summed E-state index contributed by atoms with van der Waals surface area (Å²) in [7, 11) is 3.30. The maximum absolute atomic E-state index is 13.7. The number of methoxy groups -OCH3 is 1. The molecule has 3 rings (SSSR count). The Hall–Kier alpha value is -2.56. The van der Waals surface area contributed by atoms with Crippen LogP contribution in [-0.4, -0.2) is 21.8 Å². The minimum absolute atomic E-state index is 0.0255. The molecule has 2 aromatic carbocycles. The van der Waals surface area contributed by atoms with Crippen LogP contribution in [0.2, 0.25) is 0 Å². The van der Waals surface area contributed by atoms with Crippen molar-refractivity contribution in [3.05, 3.63) is 42.2 Å². The smallest absolute Gasteiger partial charge is 0.160 e. The van der Waals surface area contributed by atoms with E-state index in [2.05, 4.69) is 4.98 Å². The lowest BCUT2D eigenvalue weighted by Gasteiger charge is -2.06. The summed E-state index contributed by atoms with van der Waals surface area (Å²) in [5.41, 5.74) is 1.72. The average Bonchev–Trinajstić information content (AvgIpc) is 2.78. The number of phenolic OH excluding ortho intramolecular Hbond substituents is 1. The third kappa shape index (κ3) is 1.79. The number of rotatable bonds is 2. The number of aryl methyl sites for hydroxylation is 1. The Kier molecular flexibility index (Phi) is 2.82. The van der Waals surface area contributed by atoms with Crippen molar-refractivity contribution in [1.82, 2.24) is 9.55 Å². The highest BCUT2D eigenvalue weighted by atomic mass is 19.1. The van der Waals surface area contributed by atoms with Crippen LogP contribution in [0.3, 0.4) is 0 Å². The molecule has 0 amide bonds. The molecule has 0 unspecified atom stereocenters. The van der Waals surface area contributed by atoms with Crippen LogP contribution in [0.4, 0.5) is 4.39 Å². The molecule has 1 aromatic heterocycles. The zero-order valence-electron chi connectivity index (χ0n) is 11.1. The molecule has 1 heterocycles. The number of aromatic nitrogens is 2. The number of halogens is 1. The van der Waals surface area contributed by atoms with Gasteiger partial charge in [-0.2, -0.15) is 0 Å². The summed E-state index contributed by atoms with van der Waals surface area (Å²) in [4.78, 5) is 4.31. The maximum Gasteiger partial charge on any atom is 0.160 e. The van der Waals surface area contributed by atoms with Crippen molar-refractivity contribution in [1.29, 1.82) is 0 Å². The number of hydrogen-bond acceptors (Lipinski definition) is 3. The second-order valence-corrected chi connectivity index (χ2v) is 4.49. The highest BCUT2D eigenvalue weighted by Crippen LogP contribution is 2.32. The highest BCUT2D eigenvalue weighted by molar-refractivity contribution is 5.81. The van der Waals surface area contributed by atoms with Gasteiger partial charge in [-0.25, -0.2) is 9.37 Å². The third-order valence-corrected chi connectivity index (χ3v) is 3.30. The van der Waals surface area contributed by atoms with E-state index in [9.17, 15) is 9.50 Å². The number of hydrogen-bond donors (Lipinski definition) is 1. The molecule has 3 aromatic rings. The second-order valence-electron chi connectivity index (χ2n) is 4.49. The fraction of sp³-hybridized carbons (Fsp3) is 0.133. The predicted octanol–water partition coefficient (Wildman–Crippen LogP) is 3.09. The summed E-state index contributed by atoms with van der Waals surface area (Å²) in [6.45, 7) is 0. The topological polar surface area (TPSA) is 47.3 Å². The number of nitrogens with zero attached hydrogens (tertiary/aromatic N) is 2. The predicted molar refractivity (Wildman–Crippen MR) is 74.3 cm³/mol. The minimum atomic E-state index is -0.359. The Labute approximate surface area is 115 Å². The second kappa shape index (κ2) is 4.52. The molecular weight excluding hydrogens is 259 g/mol. The molecule has 0 radical (unpaired) electrons. The van der Waals surface area contributed by atoms with Crippen molar-refractivity contribution < 1.29 is 14.2 Å². The van der Waals surface area contributed by atoms with Gasteiger partial charge in [-0.15, -0.1) is 0 Å². The molecule has 5 heteroatoms. The average molecular weight is 272 g/mol. The molecule has 0 aliphatic rings. The van der Waals surface area contributed by atoms with Gasteiger partial charge in [-0.05, 0) is 30.3 Å². The van der Waals surface area contributed by atoms with Crippen molar-refractivity contribution in [3.8, 4) is 22.9 Å². The molecular formula is C15H13FN2O2. The summed E-state index contributed by atoms with van der Waals surface area (Å²) >= 11 is 0. The SMILES string of the molecule is COc1ccc(-c2nc3c(F)cccc3n2C)cc1O. The van der Waals surface area contributed by atoms with Crippen molar-refractivity contribution >= 4 is 11.0 Å². The number of fused-ring (bicyclic) bond motifs is 1. The van der Waals surface area contributed by atoms with Crippen LogP contribution < -0.4 is 4.74 Å². The third-order valence-electron chi connectivity index (χ3n) is 3.30. The Morgan fingerprint density at radius 2 is 2.05 bits per heavy atom. The van der Waals surface area contributed by atoms with Crippen molar-refractivity contribution in [2.24, 2.45) is 7.05 Å². The summed E-state index contributed by atoms with van der Waals surface area (Å²) < 4.78 is 20.5. The van der Waals surface area contributed by atoms with Crippen LogP contribution in [0, 0.1) is 5.82 Å². The van der Waals surface area contributed by atoms with Crippen LogP contribution in [-0.2, 0) is 7.05 Å². The molecule has 4 nitrogen and oxygen atoms in total. The molecule has 20 heavy (non-hydrogen) atoms. The number of phenols is 1. The Bertz CT molecular complexity index is 796. The van der Waals surface area contributed by atoms with Gasteiger partial charge in [0.15, 0.2) is 17.3 Å². The lowest BCUT2D eigenvalue weighted by Crippen LogP contribution is -1.93. The van der Waals surface area contributed by atoms with E-state index in [1.54, 1.807) is 34.9 Å². The maximum atomic E-state index is 13.7. The summed E-state index contributed by atoms with van der Waals surface area (Å²) in [5.74, 6) is 0.640. The van der Waals surface area contributed by atoms with Crippen molar-refractivity contribution in [2.45, 2.75) is 0 Å². The molecule has 0 fully saturated rings. The van der Waals surface area contributed by atoms with Gasteiger partial charge in [0.1, 0.15) is 11.3 Å². The molecule has 0 atom stereocenters. The van der Waals surface area contributed by atoms with Crippen LogP contribution in [0.1, 0.15) is 0 Å². The molecule has 102 valence electrons. The van der Waals surface area contributed by atoms with Crippen LogP contribution in [0.15, 0.2) is 36.4 Å². The standard InChI is InChI=1S/C15H13FN2O2/c1-18-11-5-3-4-10(16)14(11)17-15(18)9-6-7-13(20-2)12(19)8-9/h3-8,19H,1-2H3. The van der Waals surface area contributed by atoms with Gasteiger partial charge in [0.05, 0.1) is 12.6 Å². The molecule has 0 saturated heterocycles. The van der Waals surface area contributed by atoms with Gasteiger partial charge in [0, 0.05) is 12.6 Å². The zero-order chi connectivity index (χ0) is 14.3. The van der Waals surface area contributed by atoms with E-state index < -0.39 is 0 Å². The van der Waals surface area contributed by atoms with Crippen molar-refractivity contribution in [3.63, 3.8) is 0 Å². The van der Waals surface area contributed by atoms with Crippen LogP contribution in [0.25, 0.3) is 22.4 Å². The number of para-hydroxylation sites is 1. The summed E-state index contributed by atoms with van der Waals surface area (Å²) in [6, 6.07) is 9.81. The van der Waals surface area contributed by atoms with Crippen molar-refractivity contribution in [2.75, 3.05) is 7.11 Å². The number of aromatic hydroxyl groups is 1. The van der Waals surface area contributed by atoms with Gasteiger partial charge >= 0.3 is 0 Å². The fourth-order valence-corrected chi connectivity index (χ4v) is 2.27. The largest absolute Gasteiger partial charge is 0.504 e. The van der Waals surface area contributed by atoms with Crippen LogP contribution >= 0.6 is 0 Å². The molecule has 0 aliphatic heterocycles. The Morgan fingerprint density at radius 1 is 1.25 bits per heavy atom. The number of benzene rings is 2. The van der Waals surface area contributed by atoms with E-state index in [1.165, 1.54) is 13.2 Å². The van der Waals surface area contributed by atoms with Gasteiger partial charge in [0.25, 0.3) is 0 Å². The Balaban J connectivity index is 2.22. The molecule has 1 N–H and O–H groups in total. The van der Waals surface area contributed by atoms with E-state index in [4.69, 9.17) is 4.74 Å². The first kappa shape index (κ1) is 12.5. The monoisotopic (exact) mass is 272 g/mol. The highest BCUT2D eigenvalue weighted by Gasteiger charge is 2.14.